The molecule has 1 aromatic rings. The Bertz CT molecular complexity index is 630. The lowest BCUT2D eigenvalue weighted by molar-refractivity contribution is -0.137. The number of nitrogens with one attached hydrogen (secondary N) is 1. The van der Waals surface area contributed by atoms with E-state index in [0.29, 0.717) is 6.07 Å². The van der Waals surface area contributed by atoms with Gasteiger partial charge in [-0.25, -0.2) is 8.42 Å². The van der Waals surface area contributed by atoms with E-state index >= 15 is 0 Å². The van der Waals surface area contributed by atoms with Crippen LogP contribution in [0.1, 0.15) is 12.5 Å². The molecule has 0 aliphatic heterocycles. The quantitative estimate of drug-likeness (QED) is 0.847. The average Bonchev–Trinajstić information content (AvgIpc) is 2.28. The Hall–Kier alpha value is -1.29. The summed E-state index contributed by atoms with van der Waals surface area (Å²) in [7, 11) is -4.47. The molecule has 0 saturated carbocycles. The second kappa shape index (κ2) is 5.60. The number of aliphatic carboxylic acids is 1. The number of sulfonamides is 1. The maximum atomic E-state index is 12.8. The van der Waals surface area contributed by atoms with Crippen molar-refractivity contribution in [2.24, 2.45) is 0 Å². The van der Waals surface area contributed by atoms with Gasteiger partial charge in [0.25, 0.3) is 0 Å². The molecule has 2 N–H and O–H groups in total. The molecule has 0 aromatic heterocycles. The summed E-state index contributed by atoms with van der Waals surface area (Å²) in [6, 6.07) is 2.81. The van der Waals surface area contributed by atoms with Gasteiger partial charge >= 0.3 is 12.1 Å². The summed E-state index contributed by atoms with van der Waals surface area (Å²) in [5.74, 6) is -1.66. The van der Waals surface area contributed by atoms with Crippen LogP contribution in [0.3, 0.4) is 0 Å². The Morgan fingerprint density at radius 3 is 2.40 bits per heavy atom. The smallest absolute Gasteiger partial charge is 0.418 e. The van der Waals surface area contributed by atoms with E-state index in [4.69, 9.17) is 5.11 Å². The SMILES string of the molecule is CC(C(=O)O)S(=O)(=O)Nc1ccc(Br)cc1C(F)(F)F. The third-order valence-corrected chi connectivity index (χ3v) is 4.48. The number of rotatable bonds is 4. The summed E-state index contributed by atoms with van der Waals surface area (Å²) in [5.41, 5.74) is -1.94. The molecule has 0 bridgehead atoms. The standard InChI is InChI=1S/C10H9BrF3NO4S/c1-5(9(16)17)20(18,19)15-8-3-2-6(11)4-7(8)10(12,13)14/h2-5,15H,1H3,(H,16,17). The normalized spacial score (nSPS) is 13.8. The fourth-order valence-electron chi connectivity index (χ4n) is 1.21. The second-order valence-corrected chi connectivity index (χ2v) is 6.73. The first-order chi connectivity index (χ1) is 8.95. The number of alkyl halides is 3. The first-order valence-electron chi connectivity index (χ1n) is 5.06. The van der Waals surface area contributed by atoms with E-state index < -0.39 is 38.7 Å². The van der Waals surface area contributed by atoms with Crippen molar-refractivity contribution in [3.05, 3.63) is 28.2 Å². The summed E-state index contributed by atoms with van der Waals surface area (Å²) in [6.45, 7) is 0.858. The molecule has 1 rings (SSSR count). The van der Waals surface area contributed by atoms with Gasteiger partial charge in [0, 0.05) is 4.47 Å². The Morgan fingerprint density at radius 1 is 1.40 bits per heavy atom. The van der Waals surface area contributed by atoms with Gasteiger partial charge in [-0.15, -0.1) is 0 Å². The lowest BCUT2D eigenvalue weighted by Gasteiger charge is -2.16. The van der Waals surface area contributed by atoms with Crippen molar-refractivity contribution >= 4 is 37.6 Å². The molecule has 1 unspecified atom stereocenters. The molecule has 0 radical (unpaired) electrons. The Kier molecular flexibility index (Phi) is 4.70. The molecule has 1 aromatic carbocycles. The van der Waals surface area contributed by atoms with E-state index in [9.17, 15) is 26.4 Å². The Morgan fingerprint density at radius 2 is 1.95 bits per heavy atom. The maximum absolute atomic E-state index is 12.8. The molecule has 0 spiro atoms. The Labute approximate surface area is 121 Å². The van der Waals surface area contributed by atoms with E-state index in [1.165, 1.54) is 6.07 Å². The average molecular weight is 376 g/mol. The van der Waals surface area contributed by atoms with E-state index in [1.807, 2.05) is 0 Å². The van der Waals surface area contributed by atoms with Crippen LogP contribution in [-0.4, -0.2) is 24.7 Å². The van der Waals surface area contributed by atoms with Gasteiger partial charge in [-0.3, -0.25) is 9.52 Å². The Balaban J connectivity index is 3.26. The molecule has 10 heteroatoms. The van der Waals surface area contributed by atoms with Gasteiger partial charge in [0.1, 0.15) is 0 Å². The van der Waals surface area contributed by atoms with Crippen LogP contribution in [0.5, 0.6) is 0 Å². The van der Waals surface area contributed by atoms with Crippen LogP contribution < -0.4 is 4.72 Å². The van der Waals surface area contributed by atoms with Crippen LogP contribution in [0.25, 0.3) is 0 Å². The molecule has 0 aliphatic rings. The van der Waals surface area contributed by atoms with E-state index in [0.717, 1.165) is 13.0 Å². The van der Waals surface area contributed by atoms with Crippen molar-refractivity contribution in [2.45, 2.75) is 18.3 Å². The van der Waals surface area contributed by atoms with Gasteiger partial charge in [-0.2, -0.15) is 13.2 Å². The van der Waals surface area contributed by atoms with Crippen molar-refractivity contribution in [3.63, 3.8) is 0 Å². The van der Waals surface area contributed by atoms with Crippen LogP contribution >= 0.6 is 15.9 Å². The first-order valence-corrected chi connectivity index (χ1v) is 7.40. The molecule has 1 atom stereocenters. The monoisotopic (exact) mass is 375 g/mol. The highest BCUT2D eigenvalue weighted by Crippen LogP contribution is 2.37. The minimum Gasteiger partial charge on any atom is -0.480 e. The predicted molar refractivity (Wildman–Crippen MR) is 68.8 cm³/mol. The predicted octanol–water partition coefficient (Wildman–Crippen LogP) is 2.68. The van der Waals surface area contributed by atoms with Gasteiger partial charge in [0.05, 0.1) is 11.3 Å². The molecular weight excluding hydrogens is 367 g/mol. The molecule has 0 fully saturated rings. The zero-order valence-corrected chi connectivity index (χ0v) is 12.3. The lowest BCUT2D eigenvalue weighted by Crippen LogP contribution is -2.32. The molecule has 112 valence electrons. The summed E-state index contributed by atoms with van der Waals surface area (Å²) in [4.78, 5) is 10.6. The summed E-state index contributed by atoms with van der Waals surface area (Å²) >= 11 is 2.85. The largest absolute Gasteiger partial charge is 0.480 e. The minimum atomic E-state index is -4.78. The summed E-state index contributed by atoms with van der Waals surface area (Å²) < 4.78 is 63.4. The van der Waals surface area contributed by atoms with Gasteiger partial charge < -0.3 is 5.11 Å². The van der Waals surface area contributed by atoms with Crippen LogP contribution in [-0.2, 0) is 21.0 Å². The van der Waals surface area contributed by atoms with Crippen LogP contribution in [0.4, 0.5) is 18.9 Å². The number of carbonyl (C=O) groups is 1. The van der Waals surface area contributed by atoms with Crippen molar-refractivity contribution in [1.82, 2.24) is 0 Å². The highest BCUT2D eigenvalue weighted by molar-refractivity contribution is 9.10. The fraction of sp³-hybridized carbons (Fsp3) is 0.300. The summed E-state index contributed by atoms with van der Waals surface area (Å²) in [6.07, 6.45) is -4.78. The van der Waals surface area contributed by atoms with Gasteiger partial charge in [-0.05, 0) is 25.1 Å². The van der Waals surface area contributed by atoms with Crippen LogP contribution in [0, 0.1) is 0 Å². The third kappa shape index (κ3) is 3.85. The van der Waals surface area contributed by atoms with Crippen LogP contribution in [0.2, 0.25) is 0 Å². The molecule has 5 nitrogen and oxygen atoms in total. The molecule has 0 aliphatic carbocycles. The van der Waals surface area contributed by atoms with E-state index in [2.05, 4.69) is 15.9 Å². The second-order valence-electron chi connectivity index (χ2n) is 3.82. The molecule has 0 amide bonds. The number of anilines is 1. The highest BCUT2D eigenvalue weighted by Gasteiger charge is 2.36. The minimum absolute atomic E-state index is 0.110. The highest BCUT2D eigenvalue weighted by atomic mass is 79.9. The first kappa shape index (κ1) is 16.8. The number of carboxylic acids is 1. The lowest BCUT2D eigenvalue weighted by atomic mass is 10.2. The molecule has 20 heavy (non-hydrogen) atoms. The third-order valence-electron chi connectivity index (χ3n) is 2.35. The van der Waals surface area contributed by atoms with Crippen molar-refractivity contribution in [2.75, 3.05) is 4.72 Å². The fourth-order valence-corrected chi connectivity index (χ4v) is 2.50. The number of carboxylic acid groups (broad SMARTS) is 1. The van der Waals surface area contributed by atoms with Crippen LogP contribution in [0.15, 0.2) is 22.7 Å². The number of benzene rings is 1. The number of halogens is 4. The van der Waals surface area contributed by atoms with Crippen molar-refractivity contribution in [3.8, 4) is 0 Å². The number of hydrogen-bond donors (Lipinski definition) is 2. The topological polar surface area (TPSA) is 83.5 Å². The van der Waals surface area contributed by atoms with E-state index in [1.54, 1.807) is 4.72 Å². The zero-order valence-electron chi connectivity index (χ0n) is 9.90. The summed E-state index contributed by atoms with van der Waals surface area (Å²) in [5, 5.41) is 6.74. The molecule has 0 saturated heterocycles. The van der Waals surface area contributed by atoms with Gasteiger partial charge in [0.15, 0.2) is 5.25 Å². The van der Waals surface area contributed by atoms with E-state index in [-0.39, 0.29) is 4.47 Å². The molecule has 0 heterocycles. The zero-order chi connectivity index (χ0) is 15.7. The van der Waals surface area contributed by atoms with Crippen molar-refractivity contribution < 1.29 is 31.5 Å². The maximum Gasteiger partial charge on any atom is 0.418 e. The van der Waals surface area contributed by atoms with Crippen molar-refractivity contribution in [1.29, 1.82) is 0 Å². The molecular formula is C10H9BrF3NO4S. The van der Waals surface area contributed by atoms with Gasteiger partial charge in [0.2, 0.25) is 10.0 Å². The van der Waals surface area contributed by atoms with Gasteiger partial charge in [-0.1, -0.05) is 15.9 Å². The number of hydrogen-bond acceptors (Lipinski definition) is 3.